The fourth-order valence-corrected chi connectivity index (χ4v) is 3.44. The van der Waals surface area contributed by atoms with Gasteiger partial charge in [-0.15, -0.1) is 11.3 Å². The van der Waals surface area contributed by atoms with Crippen LogP contribution in [-0.2, 0) is 23.1 Å². The Morgan fingerprint density at radius 2 is 1.73 bits per heavy atom. The Kier molecular flexibility index (Phi) is 5.17. The molecule has 118 valence electrons. The number of sulfonamides is 1. The first-order valence-electron chi connectivity index (χ1n) is 6.53. The third-order valence-electron chi connectivity index (χ3n) is 2.91. The summed E-state index contributed by atoms with van der Waals surface area (Å²) in [4.78, 5) is 12.4. The van der Waals surface area contributed by atoms with Crippen molar-refractivity contribution in [2.45, 2.75) is 24.2 Å². The number of rotatable bonds is 5. The van der Waals surface area contributed by atoms with E-state index in [2.05, 4.69) is 10.6 Å². The number of thiophene rings is 1. The lowest BCUT2D eigenvalue weighted by molar-refractivity contribution is 0.240. The van der Waals surface area contributed by atoms with Gasteiger partial charge in [0.15, 0.2) is 0 Å². The summed E-state index contributed by atoms with van der Waals surface area (Å²) in [5, 5.41) is 10.4. The van der Waals surface area contributed by atoms with E-state index in [1.807, 2.05) is 31.2 Å². The smallest absolute Gasteiger partial charge is 0.315 e. The van der Waals surface area contributed by atoms with Crippen molar-refractivity contribution < 1.29 is 13.2 Å². The van der Waals surface area contributed by atoms with E-state index >= 15 is 0 Å². The van der Waals surface area contributed by atoms with Gasteiger partial charge in [0, 0.05) is 11.4 Å². The average Bonchev–Trinajstić information content (AvgIpc) is 2.93. The number of benzene rings is 1. The standard InChI is InChI=1S/C14H17N3O3S2/c1-10-2-4-11(5-3-10)8-16-14(18)17-9-12-6-7-13(21-12)22(15,19)20/h2-7H,8-9H2,1H3,(H2,15,19,20)(H2,16,17,18). The minimum Gasteiger partial charge on any atom is -0.334 e. The van der Waals surface area contributed by atoms with Gasteiger partial charge in [-0.05, 0) is 24.6 Å². The van der Waals surface area contributed by atoms with Gasteiger partial charge >= 0.3 is 6.03 Å². The predicted octanol–water partition coefficient (Wildman–Crippen LogP) is 1.70. The molecule has 0 unspecified atom stereocenters. The van der Waals surface area contributed by atoms with Gasteiger partial charge in [0.1, 0.15) is 4.21 Å². The van der Waals surface area contributed by atoms with Crippen molar-refractivity contribution in [2.24, 2.45) is 5.14 Å². The zero-order valence-electron chi connectivity index (χ0n) is 12.0. The Hall–Kier alpha value is -1.90. The van der Waals surface area contributed by atoms with Gasteiger partial charge in [-0.3, -0.25) is 0 Å². The van der Waals surface area contributed by atoms with E-state index in [-0.39, 0.29) is 16.8 Å². The molecule has 6 nitrogen and oxygen atoms in total. The van der Waals surface area contributed by atoms with Crippen LogP contribution in [0.25, 0.3) is 0 Å². The Balaban J connectivity index is 1.80. The van der Waals surface area contributed by atoms with Crippen LogP contribution in [0.2, 0.25) is 0 Å². The number of aryl methyl sites for hydroxylation is 1. The van der Waals surface area contributed by atoms with Gasteiger partial charge in [0.25, 0.3) is 0 Å². The zero-order valence-corrected chi connectivity index (χ0v) is 13.6. The maximum Gasteiger partial charge on any atom is 0.315 e. The molecule has 8 heteroatoms. The summed E-state index contributed by atoms with van der Waals surface area (Å²) < 4.78 is 22.4. The quantitative estimate of drug-likeness (QED) is 0.773. The van der Waals surface area contributed by atoms with Crippen LogP contribution in [0.5, 0.6) is 0 Å². The molecule has 2 rings (SSSR count). The molecule has 1 aromatic carbocycles. The van der Waals surface area contributed by atoms with Crippen molar-refractivity contribution in [1.82, 2.24) is 10.6 Å². The van der Waals surface area contributed by atoms with Crippen LogP contribution < -0.4 is 15.8 Å². The molecule has 0 saturated heterocycles. The van der Waals surface area contributed by atoms with E-state index in [1.165, 1.54) is 6.07 Å². The number of carbonyl (C=O) groups is 1. The molecular weight excluding hydrogens is 322 g/mol. The van der Waals surface area contributed by atoms with E-state index in [0.29, 0.717) is 6.54 Å². The number of amides is 2. The summed E-state index contributed by atoms with van der Waals surface area (Å²) in [6.45, 7) is 2.68. The molecule has 1 aromatic heterocycles. The number of hydrogen-bond donors (Lipinski definition) is 3. The van der Waals surface area contributed by atoms with E-state index in [4.69, 9.17) is 5.14 Å². The Labute approximate surface area is 133 Å². The second kappa shape index (κ2) is 6.91. The topological polar surface area (TPSA) is 101 Å². The van der Waals surface area contributed by atoms with E-state index < -0.39 is 10.0 Å². The monoisotopic (exact) mass is 339 g/mol. The van der Waals surface area contributed by atoms with Gasteiger partial charge in [0.05, 0.1) is 6.54 Å². The van der Waals surface area contributed by atoms with Gasteiger partial charge < -0.3 is 10.6 Å². The van der Waals surface area contributed by atoms with Crippen LogP contribution in [0.3, 0.4) is 0 Å². The van der Waals surface area contributed by atoms with Crippen LogP contribution >= 0.6 is 11.3 Å². The number of nitrogens with one attached hydrogen (secondary N) is 2. The number of primary sulfonamides is 1. The molecule has 1 heterocycles. The van der Waals surface area contributed by atoms with Crippen molar-refractivity contribution in [1.29, 1.82) is 0 Å². The molecule has 0 spiro atoms. The van der Waals surface area contributed by atoms with E-state index in [0.717, 1.165) is 27.3 Å². The summed E-state index contributed by atoms with van der Waals surface area (Å²) in [7, 11) is -3.68. The fourth-order valence-electron chi connectivity index (χ4n) is 1.72. The van der Waals surface area contributed by atoms with E-state index in [1.54, 1.807) is 6.07 Å². The minimum atomic E-state index is -3.68. The number of urea groups is 1. The van der Waals surface area contributed by atoms with Crippen LogP contribution in [0.15, 0.2) is 40.6 Å². The first-order valence-corrected chi connectivity index (χ1v) is 8.89. The molecule has 0 bridgehead atoms. The molecule has 0 aliphatic heterocycles. The Morgan fingerprint density at radius 3 is 2.32 bits per heavy atom. The SMILES string of the molecule is Cc1ccc(CNC(=O)NCc2ccc(S(N)(=O)=O)s2)cc1. The summed E-state index contributed by atoms with van der Waals surface area (Å²) in [5.41, 5.74) is 2.17. The van der Waals surface area contributed by atoms with Crippen LogP contribution in [-0.4, -0.2) is 14.4 Å². The zero-order chi connectivity index (χ0) is 16.2. The molecule has 0 aliphatic carbocycles. The van der Waals surface area contributed by atoms with Gasteiger partial charge in [-0.2, -0.15) is 0 Å². The number of hydrogen-bond acceptors (Lipinski definition) is 4. The Bertz CT molecular complexity index is 752. The van der Waals surface area contributed by atoms with Crippen molar-refractivity contribution in [3.63, 3.8) is 0 Å². The van der Waals surface area contributed by atoms with Crippen molar-refractivity contribution in [2.75, 3.05) is 0 Å². The van der Waals surface area contributed by atoms with Crippen molar-refractivity contribution in [3.05, 3.63) is 52.4 Å². The first kappa shape index (κ1) is 16.5. The summed E-state index contributed by atoms with van der Waals surface area (Å²) in [5.74, 6) is 0. The highest BCUT2D eigenvalue weighted by atomic mass is 32.2. The third-order valence-corrected chi connectivity index (χ3v) is 5.44. The lowest BCUT2D eigenvalue weighted by atomic mass is 10.1. The van der Waals surface area contributed by atoms with Crippen LogP contribution in [0.4, 0.5) is 4.79 Å². The molecule has 4 N–H and O–H groups in total. The lowest BCUT2D eigenvalue weighted by Gasteiger charge is -2.07. The van der Waals surface area contributed by atoms with Crippen LogP contribution in [0, 0.1) is 6.92 Å². The van der Waals surface area contributed by atoms with E-state index in [9.17, 15) is 13.2 Å². The molecule has 2 amide bonds. The normalized spacial score (nSPS) is 11.2. The maximum atomic E-state index is 11.7. The molecule has 0 radical (unpaired) electrons. The highest BCUT2D eigenvalue weighted by Gasteiger charge is 2.11. The molecule has 0 atom stereocenters. The fraction of sp³-hybridized carbons (Fsp3) is 0.214. The van der Waals surface area contributed by atoms with Gasteiger partial charge in [-0.1, -0.05) is 29.8 Å². The minimum absolute atomic E-state index is 0.0874. The van der Waals surface area contributed by atoms with Crippen molar-refractivity contribution in [3.8, 4) is 0 Å². The van der Waals surface area contributed by atoms with Crippen LogP contribution in [0.1, 0.15) is 16.0 Å². The second-order valence-corrected chi connectivity index (χ2v) is 7.74. The molecule has 0 aliphatic rings. The maximum absolute atomic E-state index is 11.7. The highest BCUT2D eigenvalue weighted by molar-refractivity contribution is 7.91. The predicted molar refractivity (Wildman–Crippen MR) is 85.9 cm³/mol. The Morgan fingerprint density at radius 1 is 1.09 bits per heavy atom. The van der Waals surface area contributed by atoms with Crippen molar-refractivity contribution >= 4 is 27.4 Å². The largest absolute Gasteiger partial charge is 0.334 e. The molecule has 0 fully saturated rings. The summed E-state index contributed by atoms with van der Waals surface area (Å²) >= 11 is 1.04. The second-order valence-electron chi connectivity index (χ2n) is 4.79. The average molecular weight is 339 g/mol. The molecule has 2 aromatic rings. The lowest BCUT2D eigenvalue weighted by Crippen LogP contribution is -2.34. The van der Waals surface area contributed by atoms with Gasteiger partial charge in [0.2, 0.25) is 10.0 Å². The molecule has 22 heavy (non-hydrogen) atoms. The summed E-state index contributed by atoms with van der Waals surface area (Å²) in [6, 6.07) is 10.6. The van der Waals surface area contributed by atoms with Gasteiger partial charge in [-0.25, -0.2) is 18.4 Å². The number of nitrogens with two attached hydrogens (primary N) is 1. The summed E-state index contributed by atoms with van der Waals surface area (Å²) in [6.07, 6.45) is 0. The molecular formula is C14H17N3O3S2. The molecule has 0 saturated carbocycles. The third kappa shape index (κ3) is 4.83. The number of carbonyl (C=O) groups excluding carboxylic acids is 1. The highest BCUT2D eigenvalue weighted by Crippen LogP contribution is 2.19. The first-order chi connectivity index (χ1) is 10.3.